The van der Waals surface area contributed by atoms with Gasteiger partial charge in [-0.3, -0.25) is 9.89 Å². The molecule has 12 heteroatoms. The number of benzene rings is 2. The summed E-state index contributed by atoms with van der Waals surface area (Å²) in [5.41, 5.74) is 3.02. The fourth-order valence-corrected chi connectivity index (χ4v) is 5.77. The Morgan fingerprint density at radius 2 is 1.69 bits per heavy atom. The molecular weight excluding hydrogens is 533 g/mol. The maximum absolute atomic E-state index is 13.9. The van der Waals surface area contributed by atoms with Crippen LogP contribution in [0, 0.1) is 6.92 Å². The van der Waals surface area contributed by atoms with Crippen LogP contribution in [0.15, 0.2) is 42.5 Å². The van der Waals surface area contributed by atoms with E-state index < -0.39 is 10.2 Å². The van der Waals surface area contributed by atoms with Gasteiger partial charge in [-0.1, -0.05) is 46.9 Å². The predicted octanol–water partition coefficient (Wildman–Crippen LogP) is 5.10. The van der Waals surface area contributed by atoms with E-state index in [-0.39, 0.29) is 18.0 Å². The number of rotatable bonds is 6. The van der Waals surface area contributed by atoms with Crippen molar-refractivity contribution in [3.63, 3.8) is 0 Å². The first-order valence-corrected chi connectivity index (χ1v) is 13.6. The van der Waals surface area contributed by atoms with Crippen LogP contribution in [0.25, 0.3) is 11.3 Å². The van der Waals surface area contributed by atoms with Crippen LogP contribution in [0.2, 0.25) is 15.1 Å². The van der Waals surface area contributed by atoms with E-state index in [1.165, 1.54) is 0 Å². The number of hydrogen-bond acceptors (Lipinski definition) is 4. The summed E-state index contributed by atoms with van der Waals surface area (Å²) < 4.78 is 25.3. The average Bonchev–Trinajstić information content (AvgIpc) is 3.17. The molecule has 186 valence electrons. The molecule has 0 atom stereocenters. The Hall–Kier alpha value is -2.14. The van der Waals surface area contributed by atoms with Gasteiger partial charge in [0.1, 0.15) is 5.69 Å². The van der Waals surface area contributed by atoms with Crippen molar-refractivity contribution in [2.75, 3.05) is 4.90 Å². The molecule has 0 bridgehead atoms. The first-order valence-electron chi connectivity index (χ1n) is 10.9. The minimum atomic E-state index is -3.80. The molecule has 2 aromatic carbocycles. The molecule has 0 radical (unpaired) electrons. The van der Waals surface area contributed by atoms with Crippen LogP contribution in [-0.2, 0) is 10.2 Å². The number of hydrogen-bond donors (Lipinski definition) is 3. The summed E-state index contributed by atoms with van der Waals surface area (Å²) in [6.45, 7) is 1.83. The van der Waals surface area contributed by atoms with Crippen molar-refractivity contribution in [1.82, 2.24) is 14.9 Å². The second-order valence-corrected chi connectivity index (χ2v) is 11.1. The highest BCUT2D eigenvalue weighted by molar-refractivity contribution is 7.87. The molecule has 0 aliphatic heterocycles. The molecule has 35 heavy (non-hydrogen) atoms. The van der Waals surface area contributed by atoms with Crippen molar-refractivity contribution in [2.24, 2.45) is 5.14 Å². The Morgan fingerprint density at radius 1 is 1.06 bits per heavy atom. The summed E-state index contributed by atoms with van der Waals surface area (Å²) in [5.74, 6) is -0.290. The minimum absolute atomic E-state index is 0.221. The monoisotopic (exact) mass is 555 g/mol. The fourth-order valence-electron chi connectivity index (χ4n) is 4.45. The second-order valence-electron chi connectivity index (χ2n) is 8.52. The molecule has 1 fully saturated rings. The van der Waals surface area contributed by atoms with Gasteiger partial charge in [0.05, 0.1) is 16.4 Å². The van der Waals surface area contributed by atoms with Crippen LogP contribution in [-0.4, -0.2) is 36.6 Å². The van der Waals surface area contributed by atoms with Crippen LogP contribution in [0.4, 0.5) is 5.69 Å². The Bertz CT molecular complexity index is 1340. The number of nitrogens with zero attached hydrogens (tertiary/aromatic N) is 2. The van der Waals surface area contributed by atoms with Gasteiger partial charge in [0.2, 0.25) is 0 Å². The van der Waals surface area contributed by atoms with E-state index in [1.54, 1.807) is 35.2 Å². The Balaban J connectivity index is 1.67. The molecule has 4 N–H and O–H groups in total. The van der Waals surface area contributed by atoms with Crippen LogP contribution < -0.4 is 14.8 Å². The maximum atomic E-state index is 13.9. The molecule has 1 aliphatic carbocycles. The lowest BCUT2D eigenvalue weighted by atomic mass is 9.90. The minimum Gasteiger partial charge on any atom is -0.302 e. The molecule has 3 aromatic rings. The van der Waals surface area contributed by atoms with Gasteiger partial charge in [0.25, 0.3) is 16.1 Å². The van der Waals surface area contributed by atoms with Gasteiger partial charge in [-0.25, -0.2) is 5.14 Å². The third-order valence-corrected chi connectivity index (χ3v) is 7.57. The van der Waals surface area contributed by atoms with Crippen LogP contribution in [0.5, 0.6) is 0 Å². The molecule has 0 spiro atoms. The molecule has 1 saturated carbocycles. The van der Waals surface area contributed by atoms with Gasteiger partial charge in [-0.2, -0.15) is 18.2 Å². The number of aromatic nitrogens is 2. The second kappa shape index (κ2) is 10.5. The van der Waals surface area contributed by atoms with Crippen molar-refractivity contribution in [3.8, 4) is 11.3 Å². The van der Waals surface area contributed by atoms with Crippen LogP contribution >= 0.6 is 34.8 Å². The zero-order valence-electron chi connectivity index (χ0n) is 18.8. The Morgan fingerprint density at radius 3 is 2.29 bits per heavy atom. The highest BCUT2D eigenvalue weighted by atomic mass is 35.5. The smallest absolute Gasteiger partial charge is 0.276 e. The molecule has 0 saturated heterocycles. The summed E-state index contributed by atoms with van der Waals surface area (Å²) in [7, 11) is -3.80. The largest absolute Gasteiger partial charge is 0.302 e. The zero-order valence-corrected chi connectivity index (χ0v) is 21.8. The summed E-state index contributed by atoms with van der Waals surface area (Å²) in [6, 6.07) is 11.7. The van der Waals surface area contributed by atoms with Crippen molar-refractivity contribution < 1.29 is 13.2 Å². The molecular formula is C23H24Cl3N5O3S. The molecule has 8 nitrogen and oxygen atoms in total. The van der Waals surface area contributed by atoms with E-state index >= 15 is 0 Å². The lowest BCUT2D eigenvalue weighted by Crippen LogP contribution is -2.47. The number of nitrogens with one attached hydrogen (secondary N) is 2. The predicted molar refractivity (Wildman–Crippen MR) is 139 cm³/mol. The van der Waals surface area contributed by atoms with E-state index in [1.807, 2.05) is 19.1 Å². The molecule has 1 heterocycles. The average molecular weight is 557 g/mol. The summed E-state index contributed by atoms with van der Waals surface area (Å²) >= 11 is 18.6. The molecule has 0 unspecified atom stereocenters. The molecule has 1 aromatic heterocycles. The van der Waals surface area contributed by atoms with Gasteiger partial charge >= 0.3 is 0 Å². The summed E-state index contributed by atoms with van der Waals surface area (Å²) in [4.78, 5) is 15.6. The molecule has 1 aliphatic rings. The number of amides is 1. The van der Waals surface area contributed by atoms with Gasteiger partial charge in [-0.15, -0.1) is 0 Å². The number of H-pyrrole nitrogens is 1. The fraction of sp³-hybridized carbons (Fsp3) is 0.304. The third-order valence-electron chi connectivity index (χ3n) is 6.12. The normalized spacial score (nSPS) is 18.4. The highest BCUT2D eigenvalue weighted by Gasteiger charge is 2.34. The number of carbonyl (C=O) groups is 1. The van der Waals surface area contributed by atoms with Crippen LogP contribution in [0.1, 0.15) is 41.7 Å². The summed E-state index contributed by atoms with van der Waals surface area (Å²) in [6.07, 6.45) is 2.15. The van der Waals surface area contributed by atoms with Gasteiger partial charge in [0, 0.05) is 33.3 Å². The highest BCUT2D eigenvalue weighted by Crippen LogP contribution is 2.36. The zero-order chi connectivity index (χ0) is 25.3. The van der Waals surface area contributed by atoms with E-state index in [4.69, 9.17) is 39.9 Å². The SMILES string of the molecule is Cc1c(-c2ccc(Cl)cc2)n[nH]c1C(=O)N(c1ccc(Cl)cc1Cl)C1CCC(NS(N)(=O)=O)CC1. The molecule has 1 amide bonds. The van der Waals surface area contributed by atoms with Gasteiger partial charge < -0.3 is 4.90 Å². The number of nitrogens with two attached hydrogens (primary N) is 1. The lowest BCUT2D eigenvalue weighted by Gasteiger charge is -2.37. The Labute approximate surface area is 218 Å². The first kappa shape index (κ1) is 25.9. The number of halogens is 3. The van der Waals surface area contributed by atoms with E-state index in [0.717, 1.165) is 5.56 Å². The lowest BCUT2D eigenvalue weighted by molar-refractivity contribution is 0.0963. The topological polar surface area (TPSA) is 121 Å². The van der Waals surface area contributed by atoms with Crippen LogP contribution in [0.3, 0.4) is 0 Å². The number of carbonyl (C=O) groups excluding carboxylic acids is 1. The van der Waals surface area contributed by atoms with Gasteiger partial charge in [-0.05, 0) is 62.9 Å². The van der Waals surface area contributed by atoms with Crippen molar-refractivity contribution in [2.45, 2.75) is 44.7 Å². The number of aromatic amines is 1. The Kier molecular flexibility index (Phi) is 7.75. The van der Waals surface area contributed by atoms with Crippen molar-refractivity contribution in [1.29, 1.82) is 0 Å². The standard InChI is InChI=1S/C23H24Cl3N5O3S/c1-13-21(14-2-4-15(24)5-3-14)28-29-22(13)23(32)31(20-11-6-16(25)12-19(20)26)18-9-7-17(8-10-18)30-35(27,33)34/h2-6,11-12,17-18,30H,7-10H2,1H3,(H,28,29)(H2,27,33,34). The van der Waals surface area contributed by atoms with Gasteiger partial charge in [0.15, 0.2) is 0 Å². The van der Waals surface area contributed by atoms with Crippen molar-refractivity contribution >= 4 is 56.6 Å². The van der Waals surface area contributed by atoms with E-state index in [0.29, 0.717) is 63.4 Å². The quantitative estimate of drug-likeness (QED) is 0.391. The summed E-state index contributed by atoms with van der Waals surface area (Å²) in [5, 5.41) is 13.8. The first-order chi connectivity index (χ1) is 16.5. The number of anilines is 1. The van der Waals surface area contributed by atoms with Crippen molar-refractivity contribution in [3.05, 3.63) is 68.8 Å². The van der Waals surface area contributed by atoms with E-state index in [9.17, 15) is 13.2 Å². The maximum Gasteiger partial charge on any atom is 0.276 e. The third kappa shape index (κ3) is 5.99. The van der Waals surface area contributed by atoms with E-state index in [2.05, 4.69) is 14.9 Å². The molecule has 4 rings (SSSR count).